The summed E-state index contributed by atoms with van der Waals surface area (Å²) in [5.74, 6) is -0.520. The molecule has 4 N–H and O–H groups in total. The molecule has 0 aromatic carbocycles. The van der Waals surface area contributed by atoms with Crippen molar-refractivity contribution in [2.45, 2.75) is 136 Å². The molecule has 0 fully saturated rings. The number of ether oxygens (including phenoxy) is 1. The van der Waals surface area contributed by atoms with Crippen LogP contribution in [0.2, 0.25) is 0 Å². The Hall–Kier alpha value is -2.73. The van der Waals surface area contributed by atoms with Crippen molar-refractivity contribution in [3.05, 3.63) is 0 Å². The van der Waals surface area contributed by atoms with Gasteiger partial charge in [-0.3, -0.25) is 19.2 Å². The Bertz CT molecular complexity index is 958. The summed E-state index contributed by atoms with van der Waals surface area (Å²) in [4.78, 5) is 62.3. The molecule has 0 bridgehead atoms. The van der Waals surface area contributed by atoms with Gasteiger partial charge < -0.3 is 35.0 Å². The molecule has 50 heavy (non-hydrogen) atoms. The summed E-state index contributed by atoms with van der Waals surface area (Å²) in [5, 5.41) is 11.8. The van der Waals surface area contributed by atoms with Gasteiger partial charge in [-0.2, -0.15) is 0 Å². The number of esters is 1. The molecule has 0 radical (unpaired) electrons. The Kier molecular flexibility index (Phi) is 27.3. The van der Waals surface area contributed by atoms with Crippen molar-refractivity contribution in [3.8, 4) is 0 Å². The third kappa shape index (κ3) is 28.0. The third-order valence-electron chi connectivity index (χ3n) is 8.83. The van der Waals surface area contributed by atoms with Crippen molar-refractivity contribution < 1.29 is 37.7 Å². The van der Waals surface area contributed by atoms with Gasteiger partial charge in [0.2, 0.25) is 11.8 Å². The van der Waals surface area contributed by atoms with Gasteiger partial charge in [-0.1, -0.05) is 65.2 Å². The summed E-state index contributed by atoms with van der Waals surface area (Å²) in [6.45, 7) is 10.0. The predicted molar refractivity (Wildman–Crippen MR) is 201 cm³/mol. The number of nitrogens with one attached hydrogen (secondary N) is 4. The molecule has 0 aliphatic rings. The van der Waals surface area contributed by atoms with Gasteiger partial charge in [0.25, 0.3) is 11.8 Å². The molecule has 0 rings (SSSR count). The smallest absolute Gasteiger partial charge is 0.328 e. The Morgan fingerprint density at radius 2 is 0.960 bits per heavy atom. The molecule has 0 aromatic heterocycles. The summed E-state index contributed by atoms with van der Waals surface area (Å²) >= 11 is 0. The number of rotatable bonds is 32. The van der Waals surface area contributed by atoms with E-state index < -0.39 is 12.0 Å². The van der Waals surface area contributed by atoms with Crippen LogP contribution in [0.5, 0.6) is 0 Å². The SMILES string of the molecule is CCCCCCCC(=O)NCCC[N+](C)(C)CC(=O)NCCCC[C@H](NC(=O)C[N+](C)(C)CCCNC(=O)CCCCCCC)C(=O)OCC. The average Bonchev–Trinajstić information content (AvgIpc) is 3.03. The fourth-order valence-corrected chi connectivity index (χ4v) is 5.85. The number of hydrogen-bond acceptors (Lipinski definition) is 6. The van der Waals surface area contributed by atoms with Crippen molar-refractivity contribution in [1.29, 1.82) is 0 Å². The van der Waals surface area contributed by atoms with Crippen molar-refractivity contribution in [1.82, 2.24) is 21.3 Å². The first-order valence-corrected chi connectivity index (χ1v) is 19.6. The predicted octanol–water partition coefficient (Wildman–Crippen LogP) is 4.21. The topological polar surface area (TPSA) is 143 Å². The Morgan fingerprint density at radius 1 is 0.520 bits per heavy atom. The van der Waals surface area contributed by atoms with E-state index in [1.54, 1.807) is 6.92 Å². The second kappa shape index (κ2) is 28.9. The summed E-state index contributed by atoms with van der Waals surface area (Å²) in [5.41, 5.74) is 0. The van der Waals surface area contributed by atoms with Crippen LogP contribution in [0.1, 0.15) is 130 Å². The molecule has 12 heteroatoms. The number of quaternary nitrogens is 2. The molecule has 12 nitrogen and oxygen atoms in total. The summed E-state index contributed by atoms with van der Waals surface area (Å²) in [7, 11) is 7.95. The maximum atomic E-state index is 12.9. The fraction of sp³-hybridized carbons (Fsp3) is 0.868. The zero-order chi connectivity index (χ0) is 37.7. The van der Waals surface area contributed by atoms with Crippen LogP contribution in [0.15, 0.2) is 0 Å². The second-order valence-electron chi connectivity index (χ2n) is 15.1. The van der Waals surface area contributed by atoms with E-state index >= 15 is 0 Å². The maximum absolute atomic E-state index is 12.9. The van der Waals surface area contributed by atoms with Crippen LogP contribution in [-0.4, -0.2) is 125 Å². The highest BCUT2D eigenvalue weighted by Crippen LogP contribution is 2.08. The van der Waals surface area contributed by atoms with Crippen LogP contribution in [0, 0.1) is 0 Å². The first kappa shape index (κ1) is 47.3. The zero-order valence-corrected chi connectivity index (χ0v) is 33.1. The van der Waals surface area contributed by atoms with Crippen LogP contribution < -0.4 is 21.3 Å². The van der Waals surface area contributed by atoms with Crippen LogP contribution >= 0.6 is 0 Å². The van der Waals surface area contributed by atoms with Crippen molar-refractivity contribution in [3.63, 3.8) is 0 Å². The number of hydrogen-bond donors (Lipinski definition) is 4. The van der Waals surface area contributed by atoms with E-state index in [1.807, 2.05) is 28.2 Å². The lowest BCUT2D eigenvalue weighted by atomic mass is 10.1. The first-order chi connectivity index (χ1) is 23.7. The molecule has 0 aliphatic heterocycles. The molecule has 0 heterocycles. The van der Waals surface area contributed by atoms with Gasteiger partial charge in [-0.25, -0.2) is 4.79 Å². The highest BCUT2D eigenvalue weighted by Gasteiger charge is 2.26. The van der Waals surface area contributed by atoms with E-state index in [0.29, 0.717) is 73.8 Å². The third-order valence-corrected chi connectivity index (χ3v) is 8.83. The second-order valence-corrected chi connectivity index (χ2v) is 15.1. The molecule has 0 aromatic rings. The minimum absolute atomic E-state index is 0.0386. The fourth-order valence-electron chi connectivity index (χ4n) is 5.85. The number of carbonyl (C=O) groups is 5. The standard InChI is InChI=1S/C38H74N6O6/c1-8-11-13-15-17-24-34(45)39-27-21-29-43(4,5)31-36(47)41-26-20-19-23-33(38(49)50-10-3)42-37(48)32-44(6,7)30-22-28-40-35(46)25-18-16-14-12-9-2/h33H,8-32H2,1-7H3,(H2-2,39,40,41,42,45,46,47,48)/p+2/t33-/m0/s1. The summed E-state index contributed by atoms with van der Waals surface area (Å²) < 4.78 is 6.18. The largest absolute Gasteiger partial charge is 0.464 e. The molecular formula is C38H76N6O6+2. The van der Waals surface area contributed by atoms with Gasteiger partial charge in [0.15, 0.2) is 13.1 Å². The maximum Gasteiger partial charge on any atom is 0.328 e. The van der Waals surface area contributed by atoms with E-state index in [0.717, 1.165) is 45.1 Å². The molecule has 0 unspecified atom stereocenters. The molecule has 4 amide bonds. The monoisotopic (exact) mass is 713 g/mol. The van der Waals surface area contributed by atoms with Gasteiger partial charge in [0.1, 0.15) is 6.04 Å². The van der Waals surface area contributed by atoms with E-state index in [9.17, 15) is 24.0 Å². The van der Waals surface area contributed by atoms with Crippen molar-refractivity contribution in [2.24, 2.45) is 0 Å². The lowest BCUT2D eigenvalue weighted by Gasteiger charge is -2.30. The molecule has 292 valence electrons. The highest BCUT2D eigenvalue weighted by molar-refractivity contribution is 5.85. The van der Waals surface area contributed by atoms with E-state index in [1.165, 1.54) is 38.5 Å². The Labute approximate surface area is 304 Å². The Balaban J connectivity index is 4.39. The van der Waals surface area contributed by atoms with Crippen LogP contribution in [0.4, 0.5) is 0 Å². The molecule has 0 aliphatic carbocycles. The molecule has 0 saturated heterocycles. The lowest BCUT2D eigenvalue weighted by Crippen LogP contribution is -2.52. The lowest BCUT2D eigenvalue weighted by molar-refractivity contribution is -0.882. The van der Waals surface area contributed by atoms with Crippen LogP contribution in [0.25, 0.3) is 0 Å². The van der Waals surface area contributed by atoms with Gasteiger partial charge in [-0.15, -0.1) is 0 Å². The minimum atomic E-state index is -0.744. The van der Waals surface area contributed by atoms with E-state index in [2.05, 4.69) is 35.1 Å². The zero-order valence-electron chi connectivity index (χ0n) is 33.1. The Morgan fingerprint density at radius 3 is 1.44 bits per heavy atom. The first-order valence-electron chi connectivity index (χ1n) is 19.6. The van der Waals surface area contributed by atoms with Crippen molar-refractivity contribution in [2.75, 3.05) is 80.6 Å². The number of unbranched alkanes of at least 4 members (excludes halogenated alkanes) is 9. The van der Waals surface area contributed by atoms with Gasteiger partial charge >= 0.3 is 5.97 Å². The van der Waals surface area contributed by atoms with Crippen LogP contribution in [-0.2, 0) is 28.7 Å². The van der Waals surface area contributed by atoms with Crippen LogP contribution in [0.3, 0.4) is 0 Å². The quantitative estimate of drug-likeness (QED) is 0.0468. The number of carbonyl (C=O) groups excluding carboxylic acids is 5. The van der Waals surface area contributed by atoms with E-state index in [-0.39, 0.29) is 36.8 Å². The number of likely N-dealkylation sites (N-methyl/N-ethyl adjacent to an activating group) is 2. The van der Waals surface area contributed by atoms with Gasteiger partial charge in [0, 0.05) is 45.3 Å². The molecule has 0 spiro atoms. The molecule has 0 saturated carbocycles. The van der Waals surface area contributed by atoms with E-state index in [4.69, 9.17) is 4.74 Å². The number of amides is 4. The normalized spacial score (nSPS) is 12.2. The average molecular weight is 713 g/mol. The van der Waals surface area contributed by atoms with Gasteiger partial charge in [-0.05, 0) is 39.0 Å². The van der Waals surface area contributed by atoms with Crippen molar-refractivity contribution >= 4 is 29.6 Å². The molecular weight excluding hydrogens is 636 g/mol. The summed E-state index contributed by atoms with van der Waals surface area (Å²) in [6, 6.07) is -0.744. The number of nitrogens with zero attached hydrogens (tertiary/aromatic N) is 2. The highest BCUT2D eigenvalue weighted by atomic mass is 16.5. The molecule has 1 atom stereocenters. The minimum Gasteiger partial charge on any atom is -0.464 e. The van der Waals surface area contributed by atoms with Gasteiger partial charge in [0.05, 0.1) is 47.9 Å². The summed E-state index contributed by atoms with van der Waals surface area (Å²) in [6.07, 6.45) is 15.7.